The Labute approximate surface area is 106 Å². The van der Waals surface area contributed by atoms with E-state index in [2.05, 4.69) is 5.32 Å². The molecule has 0 aliphatic carbocycles. The molecule has 0 spiro atoms. The van der Waals surface area contributed by atoms with Gasteiger partial charge in [-0.15, -0.1) is 0 Å². The average molecular weight is 250 g/mol. The molecular formula is C13H18N2O3. The highest BCUT2D eigenvalue weighted by atomic mass is 16.4. The largest absolute Gasteiger partial charge is 0.479 e. The van der Waals surface area contributed by atoms with Crippen molar-refractivity contribution in [3.8, 4) is 0 Å². The van der Waals surface area contributed by atoms with Crippen LogP contribution in [0.15, 0.2) is 30.3 Å². The van der Waals surface area contributed by atoms with Gasteiger partial charge in [-0.05, 0) is 12.0 Å². The van der Waals surface area contributed by atoms with E-state index in [-0.39, 0.29) is 0 Å². The number of carbonyl (C=O) groups is 2. The third kappa shape index (κ3) is 3.85. The minimum Gasteiger partial charge on any atom is -0.479 e. The van der Waals surface area contributed by atoms with Gasteiger partial charge in [0.15, 0.2) is 6.04 Å². The Bertz CT molecular complexity index is 406. The van der Waals surface area contributed by atoms with Crippen molar-refractivity contribution in [3.05, 3.63) is 35.9 Å². The smallest absolute Gasteiger partial charge is 0.330 e. The summed E-state index contributed by atoms with van der Waals surface area (Å²) in [5.41, 5.74) is 6.18. The highest BCUT2D eigenvalue weighted by Crippen LogP contribution is 2.13. The van der Waals surface area contributed by atoms with Gasteiger partial charge in [-0.2, -0.15) is 0 Å². The summed E-state index contributed by atoms with van der Waals surface area (Å²) in [5, 5.41) is 11.6. The zero-order valence-electron chi connectivity index (χ0n) is 10.3. The van der Waals surface area contributed by atoms with Crippen molar-refractivity contribution in [2.45, 2.75) is 31.8 Å². The van der Waals surface area contributed by atoms with E-state index in [0.29, 0.717) is 12.0 Å². The van der Waals surface area contributed by atoms with Crippen LogP contribution in [-0.4, -0.2) is 23.0 Å². The fraction of sp³-hybridized carbons (Fsp3) is 0.385. The van der Waals surface area contributed by atoms with Gasteiger partial charge in [-0.25, -0.2) is 4.79 Å². The van der Waals surface area contributed by atoms with Crippen molar-refractivity contribution in [2.75, 3.05) is 0 Å². The van der Waals surface area contributed by atoms with Crippen molar-refractivity contribution in [1.29, 1.82) is 0 Å². The molecule has 1 amide bonds. The van der Waals surface area contributed by atoms with Gasteiger partial charge in [-0.3, -0.25) is 4.79 Å². The van der Waals surface area contributed by atoms with Crippen LogP contribution in [0, 0.1) is 0 Å². The number of nitrogens with one attached hydrogen (secondary N) is 1. The number of amides is 1. The molecule has 4 N–H and O–H groups in total. The Morgan fingerprint density at radius 2 is 1.94 bits per heavy atom. The molecule has 0 radical (unpaired) electrons. The molecule has 0 unspecified atom stereocenters. The SMILES string of the molecule is CCC[C@H](N)C(=O)N[C@@H](C(=O)O)c1ccccc1. The van der Waals surface area contributed by atoms with Gasteiger partial charge >= 0.3 is 5.97 Å². The van der Waals surface area contributed by atoms with E-state index in [1.165, 1.54) is 0 Å². The van der Waals surface area contributed by atoms with Crippen LogP contribution in [-0.2, 0) is 9.59 Å². The van der Waals surface area contributed by atoms with Crippen LogP contribution in [0.3, 0.4) is 0 Å². The number of nitrogens with two attached hydrogens (primary N) is 1. The first-order valence-corrected chi connectivity index (χ1v) is 5.90. The van der Waals surface area contributed by atoms with E-state index in [0.717, 1.165) is 6.42 Å². The molecule has 2 atom stereocenters. The molecule has 0 aromatic heterocycles. The lowest BCUT2D eigenvalue weighted by Gasteiger charge is -2.17. The first-order chi connectivity index (χ1) is 8.56. The van der Waals surface area contributed by atoms with Crippen molar-refractivity contribution < 1.29 is 14.7 Å². The van der Waals surface area contributed by atoms with Crippen molar-refractivity contribution in [3.63, 3.8) is 0 Å². The fourth-order valence-electron chi connectivity index (χ4n) is 1.62. The summed E-state index contributed by atoms with van der Waals surface area (Å²) in [6, 6.07) is 6.83. The summed E-state index contributed by atoms with van der Waals surface area (Å²) >= 11 is 0. The summed E-state index contributed by atoms with van der Waals surface area (Å²) in [4.78, 5) is 22.9. The quantitative estimate of drug-likeness (QED) is 0.703. The minimum atomic E-state index is -1.10. The standard InChI is InChI=1S/C13H18N2O3/c1-2-6-10(14)12(16)15-11(13(17)18)9-7-4-3-5-8-9/h3-5,7-8,10-11H,2,6,14H2,1H3,(H,15,16)(H,17,18)/t10-,11+/m0/s1. The Morgan fingerprint density at radius 1 is 1.33 bits per heavy atom. The third-order valence-electron chi connectivity index (χ3n) is 2.60. The monoisotopic (exact) mass is 250 g/mol. The van der Waals surface area contributed by atoms with Crippen LogP contribution in [0.2, 0.25) is 0 Å². The normalized spacial score (nSPS) is 13.7. The first kappa shape index (κ1) is 14.2. The van der Waals surface area contributed by atoms with Gasteiger partial charge in [0, 0.05) is 0 Å². The maximum absolute atomic E-state index is 11.7. The Morgan fingerprint density at radius 3 is 2.44 bits per heavy atom. The van der Waals surface area contributed by atoms with Crippen molar-refractivity contribution >= 4 is 11.9 Å². The summed E-state index contributed by atoms with van der Waals surface area (Å²) < 4.78 is 0. The van der Waals surface area contributed by atoms with E-state index in [1.54, 1.807) is 30.3 Å². The van der Waals surface area contributed by atoms with Crippen molar-refractivity contribution in [2.24, 2.45) is 5.73 Å². The lowest BCUT2D eigenvalue weighted by molar-refractivity contribution is -0.142. The molecule has 5 nitrogen and oxygen atoms in total. The first-order valence-electron chi connectivity index (χ1n) is 5.90. The predicted octanol–water partition coefficient (Wildman–Crippen LogP) is 1.06. The van der Waals surface area contributed by atoms with E-state index in [1.807, 2.05) is 6.92 Å². The Kier molecular flexibility index (Phi) is 5.32. The fourth-order valence-corrected chi connectivity index (χ4v) is 1.62. The number of hydrogen-bond donors (Lipinski definition) is 3. The summed E-state index contributed by atoms with van der Waals surface area (Å²) in [6.07, 6.45) is 1.31. The molecule has 1 rings (SSSR count). The number of aliphatic carboxylic acids is 1. The van der Waals surface area contributed by atoms with E-state index >= 15 is 0 Å². The zero-order chi connectivity index (χ0) is 13.5. The van der Waals surface area contributed by atoms with Crippen LogP contribution < -0.4 is 11.1 Å². The molecule has 0 fully saturated rings. The van der Waals surface area contributed by atoms with Crippen LogP contribution >= 0.6 is 0 Å². The third-order valence-corrected chi connectivity index (χ3v) is 2.60. The van der Waals surface area contributed by atoms with Crippen molar-refractivity contribution in [1.82, 2.24) is 5.32 Å². The number of carboxylic acids is 1. The summed E-state index contributed by atoms with van der Waals surface area (Å²) in [5.74, 6) is -1.54. The van der Waals surface area contributed by atoms with E-state index in [4.69, 9.17) is 10.8 Å². The Hall–Kier alpha value is -1.88. The summed E-state index contributed by atoms with van der Waals surface area (Å²) in [7, 11) is 0. The molecular weight excluding hydrogens is 232 g/mol. The molecule has 0 aliphatic heterocycles. The number of carbonyl (C=O) groups excluding carboxylic acids is 1. The lowest BCUT2D eigenvalue weighted by Crippen LogP contribution is -2.44. The highest BCUT2D eigenvalue weighted by molar-refractivity contribution is 5.87. The van der Waals surface area contributed by atoms with E-state index < -0.39 is 24.0 Å². The Balaban J connectivity index is 2.76. The molecule has 98 valence electrons. The maximum atomic E-state index is 11.7. The van der Waals surface area contributed by atoms with Crippen LogP contribution in [0.5, 0.6) is 0 Å². The molecule has 1 aromatic rings. The molecule has 0 aliphatic rings. The molecule has 18 heavy (non-hydrogen) atoms. The minimum absolute atomic E-state index is 0.437. The van der Waals surface area contributed by atoms with Gasteiger partial charge in [0.05, 0.1) is 6.04 Å². The van der Waals surface area contributed by atoms with Gasteiger partial charge < -0.3 is 16.2 Å². The second kappa shape index (κ2) is 6.76. The molecule has 0 bridgehead atoms. The molecule has 0 saturated carbocycles. The number of benzene rings is 1. The maximum Gasteiger partial charge on any atom is 0.330 e. The van der Waals surface area contributed by atoms with Crippen LogP contribution in [0.25, 0.3) is 0 Å². The average Bonchev–Trinajstić information content (AvgIpc) is 2.36. The number of carboxylic acid groups (broad SMARTS) is 1. The second-order valence-electron chi connectivity index (χ2n) is 4.09. The topological polar surface area (TPSA) is 92.4 Å². The highest BCUT2D eigenvalue weighted by Gasteiger charge is 2.24. The molecule has 0 heterocycles. The number of rotatable bonds is 6. The van der Waals surface area contributed by atoms with Gasteiger partial charge in [0.2, 0.25) is 5.91 Å². The zero-order valence-corrected chi connectivity index (χ0v) is 10.3. The predicted molar refractivity (Wildman–Crippen MR) is 67.8 cm³/mol. The second-order valence-corrected chi connectivity index (χ2v) is 4.09. The van der Waals surface area contributed by atoms with Gasteiger partial charge in [-0.1, -0.05) is 43.7 Å². The number of hydrogen-bond acceptors (Lipinski definition) is 3. The summed E-state index contributed by atoms with van der Waals surface area (Å²) in [6.45, 7) is 1.92. The van der Waals surface area contributed by atoms with Gasteiger partial charge in [0.25, 0.3) is 0 Å². The lowest BCUT2D eigenvalue weighted by atomic mass is 10.1. The van der Waals surface area contributed by atoms with Crippen LogP contribution in [0.4, 0.5) is 0 Å². The van der Waals surface area contributed by atoms with Crippen LogP contribution in [0.1, 0.15) is 31.4 Å². The molecule has 0 saturated heterocycles. The van der Waals surface area contributed by atoms with Gasteiger partial charge in [0.1, 0.15) is 0 Å². The van der Waals surface area contributed by atoms with E-state index in [9.17, 15) is 9.59 Å². The molecule has 1 aromatic carbocycles. The molecule has 5 heteroatoms.